The molecule has 112 valence electrons. The van der Waals surface area contributed by atoms with Gasteiger partial charge in [-0.15, -0.1) is 0 Å². The van der Waals surface area contributed by atoms with Crippen molar-refractivity contribution in [3.05, 3.63) is 60.2 Å². The molecule has 1 aliphatic heterocycles. The predicted octanol–water partition coefficient (Wildman–Crippen LogP) is 2.21. The molecule has 0 bridgehead atoms. The molecule has 3 heterocycles. The first-order valence-corrected chi connectivity index (χ1v) is 7.39. The van der Waals surface area contributed by atoms with Crippen LogP contribution in [0.15, 0.2) is 49.1 Å². The second-order valence-electron chi connectivity index (χ2n) is 5.41. The summed E-state index contributed by atoms with van der Waals surface area (Å²) in [5, 5.41) is 0. The van der Waals surface area contributed by atoms with E-state index in [4.69, 9.17) is 0 Å². The Kier molecular flexibility index (Phi) is 4.23. The van der Waals surface area contributed by atoms with Crippen molar-refractivity contribution in [2.75, 3.05) is 13.1 Å². The summed E-state index contributed by atoms with van der Waals surface area (Å²) < 4.78 is 0. The van der Waals surface area contributed by atoms with E-state index in [-0.39, 0.29) is 17.6 Å². The van der Waals surface area contributed by atoms with Crippen molar-refractivity contribution in [1.29, 1.82) is 0 Å². The Morgan fingerprint density at radius 1 is 0.955 bits per heavy atom. The lowest BCUT2D eigenvalue weighted by Gasteiger charge is -2.31. The van der Waals surface area contributed by atoms with Crippen LogP contribution in [0.4, 0.5) is 0 Å². The predicted molar refractivity (Wildman–Crippen MR) is 81.4 cm³/mol. The number of carbonyl (C=O) groups is 2. The average molecular weight is 295 g/mol. The second kappa shape index (κ2) is 6.47. The molecule has 22 heavy (non-hydrogen) atoms. The highest BCUT2D eigenvalue weighted by Crippen LogP contribution is 2.22. The Balaban J connectivity index is 1.61. The van der Waals surface area contributed by atoms with Crippen LogP contribution in [0.3, 0.4) is 0 Å². The van der Waals surface area contributed by atoms with Crippen LogP contribution in [0.5, 0.6) is 0 Å². The SMILES string of the molecule is O=C(c1cccnc1)C1CCN(C(=O)c2ccncc2)CC1. The highest BCUT2D eigenvalue weighted by molar-refractivity contribution is 5.98. The van der Waals surface area contributed by atoms with Gasteiger partial charge in [0, 0.05) is 54.9 Å². The number of nitrogens with zero attached hydrogens (tertiary/aromatic N) is 3. The summed E-state index contributed by atoms with van der Waals surface area (Å²) in [6.45, 7) is 1.22. The van der Waals surface area contributed by atoms with Gasteiger partial charge in [-0.05, 0) is 37.1 Å². The zero-order valence-corrected chi connectivity index (χ0v) is 12.2. The Morgan fingerprint density at radius 2 is 1.68 bits per heavy atom. The van der Waals surface area contributed by atoms with Crippen molar-refractivity contribution in [1.82, 2.24) is 14.9 Å². The summed E-state index contributed by atoms with van der Waals surface area (Å²) in [7, 11) is 0. The molecule has 3 rings (SSSR count). The lowest BCUT2D eigenvalue weighted by Crippen LogP contribution is -2.40. The zero-order chi connectivity index (χ0) is 15.4. The molecular formula is C17H17N3O2. The topological polar surface area (TPSA) is 63.2 Å². The maximum Gasteiger partial charge on any atom is 0.253 e. The minimum Gasteiger partial charge on any atom is -0.339 e. The lowest BCUT2D eigenvalue weighted by atomic mass is 9.89. The molecule has 2 aromatic rings. The standard InChI is InChI=1S/C17H17N3O2/c21-16(15-2-1-7-19-12-15)13-5-10-20(11-6-13)17(22)14-3-8-18-9-4-14/h1-4,7-9,12-13H,5-6,10-11H2. The van der Waals surface area contributed by atoms with Crippen LogP contribution in [-0.4, -0.2) is 39.6 Å². The van der Waals surface area contributed by atoms with Gasteiger partial charge in [0.1, 0.15) is 0 Å². The molecule has 0 spiro atoms. The van der Waals surface area contributed by atoms with Crippen molar-refractivity contribution in [2.45, 2.75) is 12.8 Å². The van der Waals surface area contributed by atoms with E-state index in [1.807, 2.05) is 4.90 Å². The highest BCUT2D eigenvalue weighted by atomic mass is 16.2. The molecule has 5 heteroatoms. The van der Waals surface area contributed by atoms with E-state index < -0.39 is 0 Å². The number of carbonyl (C=O) groups excluding carboxylic acids is 2. The average Bonchev–Trinajstić information content (AvgIpc) is 2.62. The fourth-order valence-corrected chi connectivity index (χ4v) is 2.77. The van der Waals surface area contributed by atoms with Gasteiger partial charge in [0.05, 0.1) is 0 Å². The number of likely N-dealkylation sites (tertiary alicyclic amines) is 1. The van der Waals surface area contributed by atoms with Gasteiger partial charge in [-0.2, -0.15) is 0 Å². The maximum absolute atomic E-state index is 12.4. The molecular weight excluding hydrogens is 278 g/mol. The minimum atomic E-state index is -0.0225. The van der Waals surface area contributed by atoms with Gasteiger partial charge >= 0.3 is 0 Å². The molecule has 2 aromatic heterocycles. The van der Waals surface area contributed by atoms with Crippen LogP contribution in [0.25, 0.3) is 0 Å². The van der Waals surface area contributed by atoms with E-state index in [0.717, 1.165) is 0 Å². The summed E-state index contributed by atoms with van der Waals surface area (Å²) in [5.41, 5.74) is 1.30. The van der Waals surface area contributed by atoms with Crippen LogP contribution in [0.2, 0.25) is 0 Å². The summed E-state index contributed by atoms with van der Waals surface area (Å²) in [6.07, 6.45) is 7.90. The van der Waals surface area contributed by atoms with Crippen LogP contribution in [0.1, 0.15) is 33.6 Å². The van der Waals surface area contributed by atoms with E-state index in [2.05, 4.69) is 9.97 Å². The molecule has 0 saturated carbocycles. The number of hydrogen-bond acceptors (Lipinski definition) is 4. The normalized spacial score (nSPS) is 15.5. The Labute approximate surface area is 129 Å². The first kappa shape index (κ1) is 14.4. The number of ketones is 1. The number of hydrogen-bond donors (Lipinski definition) is 0. The number of amides is 1. The van der Waals surface area contributed by atoms with Crippen LogP contribution < -0.4 is 0 Å². The van der Waals surface area contributed by atoms with Crippen molar-refractivity contribution in [3.8, 4) is 0 Å². The molecule has 1 fully saturated rings. The van der Waals surface area contributed by atoms with Gasteiger partial charge in [-0.3, -0.25) is 19.6 Å². The van der Waals surface area contributed by atoms with Crippen LogP contribution in [0, 0.1) is 5.92 Å². The van der Waals surface area contributed by atoms with Crippen LogP contribution >= 0.6 is 0 Å². The third-order valence-electron chi connectivity index (χ3n) is 4.03. The van der Waals surface area contributed by atoms with E-state index in [0.29, 0.717) is 37.1 Å². The minimum absolute atomic E-state index is 0.00896. The van der Waals surface area contributed by atoms with E-state index in [9.17, 15) is 9.59 Å². The number of aromatic nitrogens is 2. The maximum atomic E-state index is 12.4. The quantitative estimate of drug-likeness (QED) is 0.814. The second-order valence-corrected chi connectivity index (χ2v) is 5.41. The summed E-state index contributed by atoms with van der Waals surface area (Å²) in [6, 6.07) is 7.00. The molecule has 0 atom stereocenters. The summed E-state index contributed by atoms with van der Waals surface area (Å²) >= 11 is 0. The Hall–Kier alpha value is -2.56. The van der Waals surface area contributed by atoms with Crippen LogP contribution in [-0.2, 0) is 0 Å². The van der Waals surface area contributed by atoms with Gasteiger partial charge in [-0.25, -0.2) is 0 Å². The van der Waals surface area contributed by atoms with Crippen molar-refractivity contribution >= 4 is 11.7 Å². The molecule has 1 amide bonds. The molecule has 1 aliphatic rings. The van der Waals surface area contributed by atoms with E-state index >= 15 is 0 Å². The molecule has 0 radical (unpaired) electrons. The molecule has 0 aromatic carbocycles. The molecule has 0 unspecified atom stereocenters. The fraction of sp³-hybridized carbons (Fsp3) is 0.294. The number of pyridine rings is 2. The number of Topliss-reactive ketones (excluding diaryl/α,β-unsaturated/α-hetero) is 1. The van der Waals surface area contributed by atoms with Crippen molar-refractivity contribution in [3.63, 3.8) is 0 Å². The third-order valence-corrected chi connectivity index (χ3v) is 4.03. The number of piperidine rings is 1. The first-order chi connectivity index (χ1) is 10.8. The smallest absolute Gasteiger partial charge is 0.253 e. The third kappa shape index (κ3) is 3.03. The molecule has 0 aliphatic carbocycles. The highest BCUT2D eigenvalue weighted by Gasteiger charge is 2.28. The lowest BCUT2D eigenvalue weighted by molar-refractivity contribution is 0.0650. The summed E-state index contributed by atoms with van der Waals surface area (Å²) in [4.78, 5) is 34.5. The molecule has 0 N–H and O–H groups in total. The van der Waals surface area contributed by atoms with E-state index in [1.165, 1.54) is 0 Å². The largest absolute Gasteiger partial charge is 0.339 e. The van der Waals surface area contributed by atoms with Crippen molar-refractivity contribution < 1.29 is 9.59 Å². The Morgan fingerprint density at radius 3 is 2.32 bits per heavy atom. The zero-order valence-electron chi connectivity index (χ0n) is 12.2. The van der Waals surface area contributed by atoms with Gasteiger partial charge in [0.2, 0.25) is 0 Å². The first-order valence-electron chi connectivity index (χ1n) is 7.39. The van der Waals surface area contributed by atoms with E-state index in [1.54, 1.807) is 49.1 Å². The van der Waals surface area contributed by atoms with Crippen molar-refractivity contribution in [2.24, 2.45) is 5.92 Å². The van der Waals surface area contributed by atoms with Gasteiger partial charge in [0.15, 0.2) is 5.78 Å². The number of rotatable bonds is 3. The van der Waals surface area contributed by atoms with Gasteiger partial charge in [0.25, 0.3) is 5.91 Å². The monoisotopic (exact) mass is 295 g/mol. The molecule has 5 nitrogen and oxygen atoms in total. The Bertz CT molecular complexity index is 591. The fourth-order valence-electron chi connectivity index (χ4n) is 2.77. The van der Waals surface area contributed by atoms with Gasteiger partial charge < -0.3 is 4.90 Å². The summed E-state index contributed by atoms with van der Waals surface area (Å²) in [5.74, 6) is 0.115. The van der Waals surface area contributed by atoms with Gasteiger partial charge in [-0.1, -0.05) is 0 Å². The molecule has 1 saturated heterocycles.